The highest BCUT2D eigenvalue weighted by molar-refractivity contribution is 5.81. The van der Waals surface area contributed by atoms with Crippen LogP contribution >= 0.6 is 0 Å². The molecule has 0 nitrogen and oxygen atoms in total. The molecule has 3 rings (SSSR count). The van der Waals surface area contributed by atoms with E-state index in [1.807, 2.05) is 0 Å². The molecule has 0 saturated heterocycles. The van der Waals surface area contributed by atoms with Crippen molar-refractivity contribution in [3.05, 3.63) is 88.5 Å². The number of aryl methyl sites for hydroxylation is 1. The van der Waals surface area contributed by atoms with Crippen LogP contribution in [0.2, 0.25) is 0 Å². The second kappa shape index (κ2) is 6.13. The van der Waals surface area contributed by atoms with Crippen molar-refractivity contribution in [2.45, 2.75) is 33.1 Å². The van der Waals surface area contributed by atoms with Crippen molar-refractivity contribution in [1.29, 1.82) is 0 Å². The summed E-state index contributed by atoms with van der Waals surface area (Å²) in [7, 11) is 0. The summed E-state index contributed by atoms with van der Waals surface area (Å²) in [6.45, 7) is 4.31. The van der Waals surface area contributed by atoms with Gasteiger partial charge in [0.25, 0.3) is 0 Å². The quantitative estimate of drug-likeness (QED) is 0.589. The number of rotatable bonds is 0. The molecule has 0 heteroatoms. The Morgan fingerprint density at radius 1 is 0.714 bits per heavy atom. The summed E-state index contributed by atoms with van der Waals surface area (Å²) < 4.78 is 0. The van der Waals surface area contributed by atoms with Crippen molar-refractivity contribution in [3.63, 3.8) is 0 Å². The first-order chi connectivity index (χ1) is 10.3. The Bertz CT molecular complexity index is 701. The fourth-order valence-electron chi connectivity index (χ4n) is 3.33. The molecule has 0 atom stereocenters. The van der Waals surface area contributed by atoms with Crippen LogP contribution in [0.4, 0.5) is 0 Å². The lowest BCUT2D eigenvalue weighted by molar-refractivity contribution is 0.951. The van der Waals surface area contributed by atoms with Gasteiger partial charge >= 0.3 is 0 Å². The minimum absolute atomic E-state index is 1.03. The average Bonchev–Trinajstić information content (AvgIpc) is 2.59. The highest BCUT2D eigenvalue weighted by atomic mass is 14.2. The lowest BCUT2D eigenvalue weighted by Crippen LogP contribution is -1.96. The Morgan fingerprint density at radius 3 is 2.10 bits per heavy atom. The molecule has 0 saturated carbocycles. The molecule has 2 aromatic carbocycles. The van der Waals surface area contributed by atoms with Crippen LogP contribution in [-0.2, 0) is 12.8 Å². The molecule has 1 aliphatic rings. The molecule has 0 radical (unpaired) electrons. The molecule has 0 fully saturated rings. The van der Waals surface area contributed by atoms with Gasteiger partial charge in [0.05, 0.1) is 0 Å². The maximum atomic E-state index is 2.28. The van der Waals surface area contributed by atoms with E-state index < -0.39 is 0 Å². The van der Waals surface area contributed by atoms with Crippen LogP contribution in [-0.4, -0.2) is 0 Å². The zero-order valence-electron chi connectivity index (χ0n) is 12.9. The first kappa shape index (κ1) is 13.9. The van der Waals surface area contributed by atoms with E-state index >= 15 is 0 Å². The molecule has 0 heterocycles. The van der Waals surface area contributed by atoms with E-state index in [1.54, 1.807) is 0 Å². The smallest absolute Gasteiger partial charge is 0.00169 e. The summed E-state index contributed by atoms with van der Waals surface area (Å²) in [6.07, 6.45) is 7.81. The first-order valence-corrected chi connectivity index (χ1v) is 7.80. The van der Waals surface area contributed by atoms with E-state index in [4.69, 9.17) is 0 Å². The third kappa shape index (κ3) is 2.71. The summed E-state index contributed by atoms with van der Waals surface area (Å²) in [5, 5.41) is 0. The Morgan fingerprint density at radius 2 is 1.38 bits per heavy atom. The zero-order valence-corrected chi connectivity index (χ0v) is 12.9. The van der Waals surface area contributed by atoms with Gasteiger partial charge in [-0.15, -0.1) is 0 Å². The molecular formula is C21H22. The van der Waals surface area contributed by atoms with E-state index in [0.717, 1.165) is 19.3 Å². The van der Waals surface area contributed by atoms with Gasteiger partial charge in [0.1, 0.15) is 0 Å². The van der Waals surface area contributed by atoms with Gasteiger partial charge in [0, 0.05) is 0 Å². The summed E-state index contributed by atoms with van der Waals surface area (Å²) >= 11 is 0. The third-order valence-electron chi connectivity index (χ3n) is 4.45. The molecule has 1 aliphatic carbocycles. The maximum absolute atomic E-state index is 2.28. The highest BCUT2D eigenvalue weighted by Gasteiger charge is 2.15. The van der Waals surface area contributed by atoms with Gasteiger partial charge in [0.15, 0.2) is 0 Å². The number of fused-ring (bicyclic) bond motifs is 2. The van der Waals surface area contributed by atoms with Gasteiger partial charge in [-0.2, -0.15) is 0 Å². The molecule has 0 N–H and O–H groups in total. The minimum Gasteiger partial charge on any atom is -0.0838 e. The van der Waals surface area contributed by atoms with Gasteiger partial charge in [-0.25, -0.2) is 0 Å². The topological polar surface area (TPSA) is 0 Å². The maximum Gasteiger partial charge on any atom is -0.00169 e. The Labute approximate surface area is 127 Å². The van der Waals surface area contributed by atoms with Crippen LogP contribution in [0.15, 0.2) is 66.3 Å². The molecule has 0 amide bonds. The van der Waals surface area contributed by atoms with E-state index in [2.05, 4.69) is 74.5 Å². The molecule has 0 bridgehead atoms. The molecule has 0 unspecified atom stereocenters. The van der Waals surface area contributed by atoms with Crippen LogP contribution in [0.3, 0.4) is 0 Å². The molecule has 0 aliphatic heterocycles. The van der Waals surface area contributed by atoms with E-state index in [9.17, 15) is 0 Å². The second-order valence-corrected chi connectivity index (χ2v) is 5.62. The predicted molar refractivity (Wildman–Crippen MR) is 91.4 cm³/mol. The number of hydrogen-bond acceptors (Lipinski definition) is 0. The van der Waals surface area contributed by atoms with Gasteiger partial charge in [-0.3, -0.25) is 0 Å². The number of benzene rings is 2. The molecule has 21 heavy (non-hydrogen) atoms. The number of allylic oxidation sites excluding steroid dienone is 4. The van der Waals surface area contributed by atoms with Crippen molar-refractivity contribution in [2.75, 3.05) is 0 Å². The standard InChI is InChI=1S/C21H22/c1-3-16-13-14-17-9-5-6-10-18(17)15-19-11-7-8-12-21(19)20(16)4-2/h3-12H,13-15H2,1-2H3/b16-3-,20-4+. The fraction of sp³-hybridized carbons (Fsp3) is 0.238. The predicted octanol–water partition coefficient (Wildman–Crippen LogP) is 5.57. The lowest BCUT2D eigenvalue weighted by atomic mass is 9.91. The van der Waals surface area contributed by atoms with Crippen molar-refractivity contribution < 1.29 is 0 Å². The van der Waals surface area contributed by atoms with Gasteiger partial charge in [-0.05, 0) is 66.5 Å². The van der Waals surface area contributed by atoms with Crippen LogP contribution in [0.25, 0.3) is 5.57 Å². The van der Waals surface area contributed by atoms with Crippen molar-refractivity contribution >= 4 is 5.57 Å². The first-order valence-electron chi connectivity index (χ1n) is 7.80. The van der Waals surface area contributed by atoms with Crippen LogP contribution in [0.5, 0.6) is 0 Å². The summed E-state index contributed by atoms with van der Waals surface area (Å²) in [4.78, 5) is 0. The molecule has 0 aromatic heterocycles. The SMILES string of the molecule is C/C=C1/CCc2ccccc2Cc2ccccc2/C1=C/C. The minimum atomic E-state index is 1.03. The largest absolute Gasteiger partial charge is 0.0838 e. The summed E-state index contributed by atoms with van der Waals surface area (Å²) in [5.41, 5.74) is 8.65. The van der Waals surface area contributed by atoms with Gasteiger partial charge < -0.3 is 0 Å². The molecule has 0 spiro atoms. The molecule has 106 valence electrons. The normalized spacial score (nSPS) is 18.6. The van der Waals surface area contributed by atoms with Crippen LogP contribution in [0, 0.1) is 0 Å². The average molecular weight is 274 g/mol. The Kier molecular flexibility index (Phi) is 4.06. The second-order valence-electron chi connectivity index (χ2n) is 5.62. The molecule has 2 aromatic rings. The third-order valence-corrected chi connectivity index (χ3v) is 4.45. The van der Waals surface area contributed by atoms with Crippen molar-refractivity contribution in [3.8, 4) is 0 Å². The monoisotopic (exact) mass is 274 g/mol. The highest BCUT2D eigenvalue weighted by Crippen LogP contribution is 2.33. The Hall–Kier alpha value is -2.08. The summed E-state index contributed by atoms with van der Waals surface area (Å²) in [5.74, 6) is 0. The fourth-order valence-corrected chi connectivity index (χ4v) is 3.33. The lowest BCUT2D eigenvalue weighted by Gasteiger charge is -2.14. The van der Waals surface area contributed by atoms with Crippen molar-refractivity contribution in [2.24, 2.45) is 0 Å². The van der Waals surface area contributed by atoms with Gasteiger partial charge in [0.2, 0.25) is 0 Å². The van der Waals surface area contributed by atoms with Crippen molar-refractivity contribution in [1.82, 2.24) is 0 Å². The van der Waals surface area contributed by atoms with Crippen LogP contribution in [0.1, 0.15) is 42.5 Å². The van der Waals surface area contributed by atoms with Crippen LogP contribution < -0.4 is 0 Å². The van der Waals surface area contributed by atoms with Gasteiger partial charge in [-0.1, -0.05) is 60.7 Å². The Balaban J connectivity index is 2.20. The van der Waals surface area contributed by atoms with E-state index in [0.29, 0.717) is 0 Å². The zero-order chi connectivity index (χ0) is 14.7. The number of hydrogen-bond donors (Lipinski definition) is 0. The van der Waals surface area contributed by atoms with E-state index in [-0.39, 0.29) is 0 Å². The van der Waals surface area contributed by atoms with E-state index in [1.165, 1.54) is 33.4 Å². The summed E-state index contributed by atoms with van der Waals surface area (Å²) in [6, 6.07) is 17.7. The molecular weight excluding hydrogens is 252 g/mol.